The number of benzene rings is 4. The SMILES string of the molecule is COCc1ccc(C2=Cc3nc2ccc2[nH]c(cc2-c2ccc(C[n+]4ccccc4)cc2)c2cc(-c4ccc(C[n+]5ccccc5)cc4)c(ccc4nc3C=C4c3ccc(C[n+]4ccccc4)cc3)[nH]2)cc1. The molecule has 8 heterocycles. The third-order valence-electron chi connectivity index (χ3n) is 13.5. The van der Waals surface area contributed by atoms with E-state index in [9.17, 15) is 0 Å². The highest BCUT2D eigenvalue weighted by molar-refractivity contribution is 5.99. The summed E-state index contributed by atoms with van der Waals surface area (Å²) in [7, 11) is 1.73. The van der Waals surface area contributed by atoms with Crippen molar-refractivity contribution < 1.29 is 18.4 Å². The van der Waals surface area contributed by atoms with Gasteiger partial charge in [-0.25, -0.2) is 23.7 Å². The van der Waals surface area contributed by atoms with Crippen LogP contribution in [0.3, 0.4) is 0 Å². The lowest BCUT2D eigenvalue weighted by Crippen LogP contribution is -2.32. The van der Waals surface area contributed by atoms with Gasteiger partial charge in [-0.3, -0.25) is 0 Å². The number of H-pyrrole nitrogens is 2. The lowest BCUT2D eigenvalue weighted by Gasteiger charge is -2.05. The first kappa shape index (κ1) is 44.1. The zero-order valence-electron chi connectivity index (χ0n) is 40.0. The number of aromatic nitrogens is 7. The first-order valence-electron chi connectivity index (χ1n) is 24.4. The first-order chi connectivity index (χ1) is 35.5. The van der Waals surface area contributed by atoms with Gasteiger partial charge in [-0.1, -0.05) is 115 Å². The molecule has 12 rings (SSSR count). The minimum Gasteiger partial charge on any atom is -0.380 e. The maximum atomic E-state index is 5.46. The largest absolute Gasteiger partial charge is 0.380 e. The number of nitrogens with one attached hydrogen (secondary N) is 2. The van der Waals surface area contributed by atoms with Crippen LogP contribution in [-0.2, 0) is 31.0 Å². The zero-order valence-corrected chi connectivity index (χ0v) is 40.0. The average Bonchev–Trinajstić information content (AvgIpc) is 4.25. The van der Waals surface area contributed by atoms with E-state index >= 15 is 0 Å². The smallest absolute Gasteiger partial charge is 0.173 e. The lowest BCUT2D eigenvalue weighted by atomic mass is 10.00. The Hall–Kier alpha value is -9.11. The van der Waals surface area contributed by atoms with Crippen LogP contribution in [0.4, 0.5) is 0 Å². The zero-order chi connectivity index (χ0) is 48.2. The van der Waals surface area contributed by atoms with E-state index in [-0.39, 0.29) is 0 Å². The third kappa shape index (κ3) is 9.47. The summed E-state index contributed by atoms with van der Waals surface area (Å²) in [5.74, 6) is 0. The van der Waals surface area contributed by atoms with Crippen LogP contribution in [0.2, 0.25) is 0 Å². The number of hydrogen-bond acceptors (Lipinski definition) is 3. The number of aromatic amines is 2. The molecular formula is C64H52N7O+3. The highest BCUT2D eigenvalue weighted by Crippen LogP contribution is 2.36. The van der Waals surface area contributed by atoms with Gasteiger partial charge in [0.2, 0.25) is 0 Å². The molecule has 8 bridgehead atoms. The number of rotatable bonds is 12. The van der Waals surface area contributed by atoms with Crippen LogP contribution in [0.1, 0.15) is 56.2 Å². The van der Waals surface area contributed by atoms with Gasteiger partial charge in [0.1, 0.15) is 0 Å². The van der Waals surface area contributed by atoms with Gasteiger partial charge in [0.25, 0.3) is 0 Å². The fraction of sp³-hybridized carbons (Fsp3) is 0.0781. The Morgan fingerprint density at radius 1 is 0.375 bits per heavy atom. The van der Waals surface area contributed by atoms with Crippen LogP contribution in [0.5, 0.6) is 0 Å². The van der Waals surface area contributed by atoms with Gasteiger partial charge in [0.05, 0.1) is 40.4 Å². The normalized spacial score (nSPS) is 12.1. The highest BCUT2D eigenvalue weighted by Gasteiger charge is 2.21. The number of nitrogens with zero attached hydrogens (tertiary/aromatic N) is 5. The minimum absolute atomic E-state index is 0.550. The lowest BCUT2D eigenvalue weighted by molar-refractivity contribution is -0.688. The first-order valence-corrected chi connectivity index (χ1v) is 24.4. The van der Waals surface area contributed by atoms with E-state index < -0.39 is 0 Å². The molecule has 0 radical (unpaired) electrons. The topological polar surface area (TPSA) is 78.2 Å². The van der Waals surface area contributed by atoms with Crippen molar-refractivity contribution >= 4 is 45.4 Å². The van der Waals surface area contributed by atoms with E-state index in [4.69, 9.17) is 14.7 Å². The second-order valence-corrected chi connectivity index (χ2v) is 18.4. The molecule has 0 fully saturated rings. The van der Waals surface area contributed by atoms with Crippen LogP contribution in [0.15, 0.2) is 225 Å². The van der Waals surface area contributed by atoms with Crippen molar-refractivity contribution in [3.63, 3.8) is 0 Å². The van der Waals surface area contributed by atoms with Gasteiger partial charge in [-0.2, -0.15) is 0 Å². The van der Waals surface area contributed by atoms with E-state index in [1.54, 1.807) is 7.11 Å². The number of fused-ring (bicyclic) bond motifs is 10. The van der Waals surface area contributed by atoms with Crippen molar-refractivity contribution in [1.29, 1.82) is 0 Å². The molecule has 2 aliphatic rings. The van der Waals surface area contributed by atoms with Crippen molar-refractivity contribution in [2.45, 2.75) is 26.2 Å². The maximum Gasteiger partial charge on any atom is 0.173 e. The Balaban J connectivity index is 1.03. The summed E-state index contributed by atoms with van der Waals surface area (Å²) in [5, 5.41) is 0. The third-order valence-corrected chi connectivity index (χ3v) is 13.5. The van der Waals surface area contributed by atoms with Crippen molar-refractivity contribution in [3.05, 3.63) is 281 Å². The maximum absolute atomic E-state index is 5.46. The predicted molar refractivity (Wildman–Crippen MR) is 287 cm³/mol. The molecule has 8 heteroatoms. The molecule has 2 aliphatic heterocycles. The van der Waals surface area contributed by atoms with Gasteiger partial charge in [0.15, 0.2) is 56.8 Å². The molecule has 0 spiro atoms. The van der Waals surface area contributed by atoms with Gasteiger partial charge in [-0.05, 0) is 76.4 Å². The molecule has 0 aliphatic carbocycles. The molecule has 10 aromatic rings. The fourth-order valence-corrected chi connectivity index (χ4v) is 9.71. The summed E-state index contributed by atoms with van der Waals surface area (Å²) < 4.78 is 12.0. The van der Waals surface area contributed by atoms with Crippen molar-refractivity contribution in [1.82, 2.24) is 19.9 Å². The Bertz CT molecular complexity index is 3790. The van der Waals surface area contributed by atoms with E-state index in [1.807, 2.05) is 18.2 Å². The molecule has 4 aromatic carbocycles. The van der Waals surface area contributed by atoms with Gasteiger partial charge >= 0.3 is 0 Å². The van der Waals surface area contributed by atoms with Gasteiger partial charge in [-0.15, -0.1) is 0 Å². The number of hydrogen-bond donors (Lipinski definition) is 2. The summed E-state index contributed by atoms with van der Waals surface area (Å²) in [6.45, 7) is 2.92. The summed E-state index contributed by atoms with van der Waals surface area (Å²) in [6, 6.07) is 67.0. The molecule has 6 aromatic heterocycles. The molecule has 0 saturated carbocycles. The Labute approximate surface area is 418 Å². The van der Waals surface area contributed by atoms with Gasteiger partial charge < -0.3 is 14.7 Å². The summed E-state index contributed by atoms with van der Waals surface area (Å²) in [5.41, 5.74) is 20.7. The fourth-order valence-electron chi connectivity index (χ4n) is 9.71. The van der Waals surface area contributed by atoms with E-state index in [2.05, 4.69) is 243 Å². The Morgan fingerprint density at radius 3 is 1.08 bits per heavy atom. The van der Waals surface area contributed by atoms with Crippen molar-refractivity contribution in [2.24, 2.45) is 0 Å². The van der Waals surface area contributed by atoms with E-state index in [0.717, 1.165) is 115 Å². The summed E-state index contributed by atoms with van der Waals surface area (Å²) in [4.78, 5) is 18.5. The second-order valence-electron chi connectivity index (χ2n) is 18.4. The number of pyridine rings is 3. The standard InChI is InChI=1S/C64H52N7O/c1-72-44-48-17-25-52(26-18-48)56-40-64-63-39-55(51-23-15-47(16-24-51)43-71-35-9-4-10-36-71)58(67-63)28-27-57-53(49-19-11-45(12-20-49)41-69-31-5-2-6-32-69)37-61(65-57)62-38-54(59(66-62)29-30-60(56)68-64)50-21-13-46(14-22-50)42-70-33-7-3-8-34-70/h2-40,65-66H,41-44H2,1H3/q+3. The molecule has 346 valence electrons. The monoisotopic (exact) mass is 934 g/mol. The van der Waals surface area contributed by atoms with Crippen LogP contribution < -0.4 is 13.7 Å². The molecule has 0 saturated heterocycles. The molecular weight excluding hydrogens is 883 g/mol. The molecule has 72 heavy (non-hydrogen) atoms. The number of methoxy groups -OCH3 is 1. The van der Waals surface area contributed by atoms with E-state index in [1.165, 1.54) is 16.7 Å². The summed E-state index contributed by atoms with van der Waals surface area (Å²) in [6.07, 6.45) is 17.0. The van der Waals surface area contributed by atoms with Crippen molar-refractivity contribution in [3.8, 4) is 22.3 Å². The van der Waals surface area contributed by atoms with Crippen LogP contribution in [0.25, 0.3) is 67.6 Å². The summed E-state index contributed by atoms with van der Waals surface area (Å²) >= 11 is 0. The molecule has 8 nitrogen and oxygen atoms in total. The van der Waals surface area contributed by atoms with Crippen LogP contribution in [0, 0.1) is 0 Å². The molecule has 0 amide bonds. The molecule has 2 N–H and O–H groups in total. The Kier molecular flexibility index (Phi) is 12.1. The Morgan fingerprint density at radius 2 is 0.722 bits per heavy atom. The average molecular weight is 935 g/mol. The van der Waals surface area contributed by atoms with E-state index in [0.29, 0.717) is 6.61 Å². The van der Waals surface area contributed by atoms with Gasteiger partial charge in [0, 0.05) is 93.5 Å². The molecule has 0 atom stereocenters. The van der Waals surface area contributed by atoms with Crippen LogP contribution in [-0.4, -0.2) is 27.0 Å². The van der Waals surface area contributed by atoms with Crippen molar-refractivity contribution in [2.75, 3.05) is 7.11 Å². The second kappa shape index (κ2) is 19.7. The number of ether oxygens (including phenoxy) is 1. The quantitative estimate of drug-likeness (QED) is 0.120. The van der Waals surface area contributed by atoms with Crippen LogP contribution >= 0.6 is 0 Å². The molecule has 0 unspecified atom stereocenters. The minimum atomic E-state index is 0.550. The predicted octanol–water partition coefficient (Wildman–Crippen LogP) is 12.0. The highest BCUT2D eigenvalue weighted by atomic mass is 16.5.